The Kier molecular flexibility index (Phi) is 5.10. The summed E-state index contributed by atoms with van der Waals surface area (Å²) in [5.41, 5.74) is 1.35. The molecule has 1 amide bonds. The molecule has 1 atom stereocenters. The third-order valence-electron chi connectivity index (χ3n) is 5.08. The molecule has 0 saturated heterocycles. The highest BCUT2D eigenvalue weighted by Gasteiger charge is 2.24. The maximum absolute atomic E-state index is 13.9. The molecule has 0 saturated carbocycles. The molecule has 2 heterocycles. The largest absolute Gasteiger partial charge is 0.322 e. The average molecular weight is 423 g/mol. The van der Waals surface area contributed by atoms with E-state index in [9.17, 15) is 18.4 Å². The number of hydrogen-bond acceptors (Lipinski definition) is 4. The lowest BCUT2D eigenvalue weighted by atomic mass is 10.2. The molecule has 4 aromatic rings. The summed E-state index contributed by atoms with van der Waals surface area (Å²) in [6.45, 7) is 5.01. The van der Waals surface area contributed by atoms with Crippen LogP contribution in [-0.4, -0.2) is 25.5 Å². The van der Waals surface area contributed by atoms with E-state index in [0.717, 1.165) is 34.3 Å². The van der Waals surface area contributed by atoms with Crippen molar-refractivity contribution in [1.29, 1.82) is 0 Å². The fraction of sp³-hybridized carbons (Fsp3) is 0.182. The van der Waals surface area contributed by atoms with Crippen molar-refractivity contribution in [2.24, 2.45) is 0 Å². The first-order valence-corrected chi connectivity index (χ1v) is 9.58. The third-order valence-corrected chi connectivity index (χ3v) is 5.08. The first kappa shape index (κ1) is 20.4. The van der Waals surface area contributed by atoms with Gasteiger partial charge in [-0.15, -0.1) is 0 Å². The molecule has 1 unspecified atom stereocenters. The van der Waals surface area contributed by atoms with Gasteiger partial charge in [-0.1, -0.05) is 18.2 Å². The smallest absolute Gasteiger partial charge is 0.295 e. The molecule has 0 fully saturated rings. The van der Waals surface area contributed by atoms with Crippen LogP contribution < -0.4 is 10.9 Å². The Morgan fingerprint density at radius 3 is 2.48 bits per heavy atom. The van der Waals surface area contributed by atoms with Crippen molar-refractivity contribution in [1.82, 2.24) is 19.6 Å². The minimum Gasteiger partial charge on any atom is -0.322 e. The molecule has 7 nitrogen and oxygen atoms in total. The number of fused-ring (bicyclic) bond motifs is 1. The van der Waals surface area contributed by atoms with Gasteiger partial charge in [0.05, 0.1) is 28.1 Å². The van der Waals surface area contributed by atoms with Crippen LogP contribution in [0.5, 0.6) is 0 Å². The van der Waals surface area contributed by atoms with Gasteiger partial charge in [0.2, 0.25) is 5.91 Å². The van der Waals surface area contributed by atoms with Gasteiger partial charge < -0.3 is 5.32 Å². The zero-order valence-corrected chi connectivity index (χ0v) is 17.1. The Balaban J connectivity index is 1.76. The second kappa shape index (κ2) is 7.75. The molecule has 2 aromatic heterocycles. The molecule has 0 spiro atoms. The highest BCUT2D eigenvalue weighted by molar-refractivity contribution is 5.93. The number of anilines is 1. The zero-order chi connectivity index (χ0) is 22.3. The SMILES string of the molecule is Cc1nn(C(C)C(=O)Nc2cc(F)ccc2F)c(=O)c2nn(-c3ccccc3)c(C)c12. The molecule has 9 heteroatoms. The number of carbonyl (C=O) groups is 1. The van der Waals surface area contributed by atoms with Crippen LogP contribution in [0.4, 0.5) is 14.5 Å². The monoisotopic (exact) mass is 423 g/mol. The first-order valence-electron chi connectivity index (χ1n) is 9.58. The molecule has 2 aromatic carbocycles. The predicted octanol–water partition coefficient (Wildman–Crippen LogP) is 3.68. The molecule has 0 aliphatic carbocycles. The van der Waals surface area contributed by atoms with Crippen LogP contribution in [0.25, 0.3) is 16.6 Å². The lowest BCUT2D eigenvalue weighted by molar-refractivity contribution is -0.119. The number of nitrogens with one attached hydrogen (secondary N) is 1. The van der Waals surface area contributed by atoms with Gasteiger partial charge in [-0.25, -0.2) is 18.1 Å². The predicted molar refractivity (Wildman–Crippen MR) is 112 cm³/mol. The van der Waals surface area contributed by atoms with E-state index >= 15 is 0 Å². The van der Waals surface area contributed by atoms with Gasteiger partial charge in [-0.05, 0) is 45.0 Å². The Bertz CT molecular complexity index is 1360. The van der Waals surface area contributed by atoms with Gasteiger partial charge in [0.15, 0.2) is 5.52 Å². The van der Waals surface area contributed by atoms with Crippen molar-refractivity contribution in [2.45, 2.75) is 26.8 Å². The van der Waals surface area contributed by atoms with E-state index in [2.05, 4.69) is 15.5 Å². The highest BCUT2D eigenvalue weighted by Crippen LogP contribution is 2.22. The number of benzene rings is 2. The normalized spacial score (nSPS) is 12.2. The number of aromatic nitrogens is 4. The Morgan fingerprint density at radius 1 is 1.06 bits per heavy atom. The lowest BCUT2D eigenvalue weighted by Gasteiger charge is -2.15. The summed E-state index contributed by atoms with van der Waals surface area (Å²) in [6, 6.07) is 11.0. The lowest BCUT2D eigenvalue weighted by Crippen LogP contribution is -2.34. The van der Waals surface area contributed by atoms with Gasteiger partial charge in [-0.3, -0.25) is 9.59 Å². The number of amides is 1. The summed E-state index contributed by atoms with van der Waals surface area (Å²) in [7, 11) is 0. The van der Waals surface area contributed by atoms with Crippen molar-refractivity contribution in [3.05, 3.63) is 81.9 Å². The maximum Gasteiger partial charge on any atom is 0.295 e. The van der Waals surface area contributed by atoms with Gasteiger partial charge in [0.1, 0.15) is 17.7 Å². The molecular formula is C22H19F2N5O2. The fourth-order valence-corrected chi connectivity index (χ4v) is 3.48. The van der Waals surface area contributed by atoms with Crippen LogP contribution in [0.1, 0.15) is 24.4 Å². The summed E-state index contributed by atoms with van der Waals surface area (Å²) in [5.74, 6) is -2.19. The second-order valence-electron chi connectivity index (χ2n) is 7.18. The molecule has 0 radical (unpaired) electrons. The average Bonchev–Trinajstić information content (AvgIpc) is 3.11. The van der Waals surface area contributed by atoms with E-state index in [0.29, 0.717) is 11.1 Å². The summed E-state index contributed by atoms with van der Waals surface area (Å²) >= 11 is 0. The molecule has 31 heavy (non-hydrogen) atoms. The van der Waals surface area contributed by atoms with Gasteiger partial charge in [-0.2, -0.15) is 10.2 Å². The summed E-state index contributed by atoms with van der Waals surface area (Å²) < 4.78 is 29.9. The number of aryl methyl sites for hydroxylation is 2. The van der Waals surface area contributed by atoms with Gasteiger partial charge >= 0.3 is 0 Å². The third kappa shape index (κ3) is 3.58. The van der Waals surface area contributed by atoms with Crippen molar-refractivity contribution in [2.75, 3.05) is 5.32 Å². The Hall–Kier alpha value is -3.88. The highest BCUT2D eigenvalue weighted by atomic mass is 19.1. The number of carbonyl (C=O) groups excluding carboxylic acids is 1. The van der Waals surface area contributed by atoms with E-state index < -0.39 is 29.1 Å². The van der Waals surface area contributed by atoms with Crippen LogP contribution in [0, 0.1) is 25.5 Å². The molecule has 0 aliphatic heterocycles. The number of rotatable bonds is 4. The fourth-order valence-electron chi connectivity index (χ4n) is 3.48. The first-order chi connectivity index (χ1) is 14.8. The molecule has 1 N–H and O–H groups in total. The second-order valence-corrected chi connectivity index (χ2v) is 7.18. The van der Waals surface area contributed by atoms with Crippen LogP contribution >= 0.6 is 0 Å². The van der Waals surface area contributed by atoms with E-state index in [1.807, 2.05) is 37.3 Å². The topological polar surface area (TPSA) is 81.8 Å². The standard InChI is InChI=1S/C22H19F2N5O2/c1-12-19-13(2)28(16-7-5-4-6-8-16)27-20(19)22(31)29(26-12)14(3)21(30)25-18-11-15(23)9-10-17(18)24/h4-11,14H,1-3H3,(H,25,30). The summed E-state index contributed by atoms with van der Waals surface area (Å²) in [5, 5.41) is 11.7. The number of hydrogen-bond donors (Lipinski definition) is 1. The van der Waals surface area contributed by atoms with E-state index in [4.69, 9.17) is 0 Å². The van der Waals surface area contributed by atoms with E-state index in [1.165, 1.54) is 6.92 Å². The molecular weight excluding hydrogens is 404 g/mol. The van der Waals surface area contributed by atoms with Crippen LogP contribution in [0.2, 0.25) is 0 Å². The van der Waals surface area contributed by atoms with Crippen LogP contribution in [0.3, 0.4) is 0 Å². The quantitative estimate of drug-likeness (QED) is 0.543. The molecule has 0 bridgehead atoms. The minimum atomic E-state index is -1.08. The van der Waals surface area contributed by atoms with Crippen molar-refractivity contribution in [3.63, 3.8) is 0 Å². The Morgan fingerprint density at radius 2 is 1.77 bits per heavy atom. The maximum atomic E-state index is 13.9. The van der Waals surface area contributed by atoms with E-state index in [-0.39, 0.29) is 11.2 Å². The van der Waals surface area contributed by atoms with Crippen LogP contribution in [-0.2, 0) is 4.79 Å². The summed E-state index contributed by atoms with van der Waals surface area (Å²) in [4.78, 5) is 25.8. The minimum absolute atomic E-state index is 0.172. The molecule has 4 rings (SSSR count). The molecule has 0 aliphatic rings. The number of nitrogens with zero attached hydrogens (tertiary/aromatic N) is 4. The van der Waals surface area contributed by atoms with Crippen LogP contribution in [0.15, 0.2) is 53.3 Å². The summed E-state index contributed by atoms with van der Waals surface area (Å²) in [6.07, 6.45) is 0. The van der Waals surface area contributed by atoms with Gasteiger partial charge in [0, 0.05) is 6.07 Å². The number of halogens is 2. The Labute approximate surface area is 175 Å². The van der Waals surface area contributed by atoms with Gasteiger partial charge in [0.25, 0.3) is 5.56 Å². The van der Waals surface area contributed by atoms with Crippen molar-refractivity contribution in [3.8, 4) is 5.69 Å². The van der Waals surface area contributed by atoms with E-state index in [1.54, 1.807) is 11.6 Å². The van der Waals surface area contributed by atoms with Crippen molar-refractivity contribution >= 4 is 22.5 Å². The number of para-hydroxylation sites is 1. The van der Waals surface area contributed by atoms with Crippen molar-refractivity contribution < 1.29 is 13.6 Å². The molecule has 158 valence electrons. The zero-order valence-electron chi connectivity index (χ0n) is 17.1.